The van der Waals surface area contributed by atoms with Gasteiger partial charge in [-0.2, -0.15) is 0 Å². The Morgan fingerprint density at radius 2 is 1.39 bits per heavy atom. The first kappa shape index (κ1) is 25.1. The standard InChI is InChI=1S/C29H32N4O5/c34-24-22(38-28(25(24)35)33-18-32-23-26(33)30-17-31-27(23)36)16-37-29(19-10-4-1-5-11-19,20-12-6-2-7-13-20)21-14-8-3-9-15-21/h1-15,22-26,28,30,32,34-35H,16-18H2,(H,31,36)/t22-,23?,24-,25-,26?,28-/m1/s1. The predicted octanol–water partition coefficient (Wildman–Crippen LogP) is 0.676. The Bertz CT molecular complexity index is 1130. The smallest absolute Gasteiger partial charge is 0.241 e. The van der Waals surface area contributed by atoms with Crippen molar-refractivity contribution in [2.24, 2.45) is 0 Å². The molecule has 3 fully saturated rings. The van der Waals surface area contributed by atoms with Crippen LogP contribution in [0.15, 0.2) is 91.0 Å². The minimum Gasteiger partial charge on any atom is -0.387 e. The van der Waals surface area contributed by atoms with E-state index >= 15 is 0 Å². The topological polar surface area (TPSA) is 115 Å². The molecule has 3 heterocycles. The minimum absolute atomic E-state index is 0.0245. The van der Waals surface area contributed by atoms with Crippen molar-refractivity contribution in [3.63, 3.8) is 0 Å². The zero-order chi connectivity index (χ0) is 26.1. The fourth-order valence-electron chi connectivity index (χ4n) is 5.79. The summed E-state index contributed by atoms with van der Waals surface area (Å²) in [6.07, 6.45) is -4.29. The summed E-state index contributed by atoms with van der Waals surface area (Å²) < 4.78 is 13.1. The van der Waals surface area contributed by atoms with Crippen molar-refractivity contribution in [1.29, 1.82) is 0 Å². The van der Waals surface area contributed by atoms with E-state index in [1.165, 1.54) is 0 Å². The number of hydrogen-bond acceptors (Lipinski definition) is 8. The molecule has 5 N–H and O–H groups in total. The third-order valence-electron chi connectivity index (χ3n) is 7.69. The van der Waals surface area contributed by atoms with Crippen LogP contribution in [0.5, 0.6) is 0 Å². The van der Waals surface area contributed by atoms with Crippen molar-refractivity contribution in [2.75, 3.05) is 19.9 Å². The maximum Gasteiger partial charge on any atom is 0.241 e. The summed E-state index contributed by atoms with van der Waals surface area (Å²) in [5.74, 6) is -0.109. The number of aliphatic hydroxyl groups is 2. The number of rotatable bonds is 7. The van der Waals surface area contributed by atoms with Gasteiger partial charge in [0.05, 0.1) is 26.1 Å². The molecular formula is C29H32N4O5. The van der Waals surface area contributed by atoms with Gasteiger partial charge in [0, 0.05) is 0 Å². The molecular weight excluding hydrogens is 484 g/mol. The summed E-state index contributed by atoms with van der Waals surface area (Å²) in [5, 5.41) is 31.2. The summed E-state index contributed by atoms with van der Waals surface area (Å²) >= 11 is 0. The van der Waals surface area contributed by atoms with Gasteiger partial charge in [-0.3, -0.25) is 15.4 Å². The van der Waals surface area contributed by atoms with Crippen molar-refractivity contribution in [1.82, 2.24) is 20.9 Å². The fourth-order valence-corrected chi connectivity index (χ4v) is 5.79. The molecule has 0 spiro atoms. The zero-order valence-electron chi connectivity index (χ0n) is 20.8. The lowest BCUT2D eigenvalue weighted by atomic mass is 9.80. The lowest BCUT2D eigenvalue weighted by Gasteiger charge is -2.37. The van der Waals surface area contributed by atoms with E-state index in [4.69, 9.17) is 9.47 Å². The molecule has 0 aromatic heterocycles. The van der Waals surface area contributed by atoms with Crippen molar-refractivity contribution in [2.45, 2.75) is 42.3 Å². The van der Waals surface area contributed by atoms with Gasteiger partial charge in [-0.05, 0) is 16.7 Å². The predicted molar refractivity (Wildman–Crippen MR) is 139 cm³/mol. The molecule has 0 saturated carbocycles. The van der Waals surface area contributed by atoms with E-state index in [-0.39, 0.29) is 18.7 Å². The normalized spacial score (nSPS) is 29.7. The van der Waals surface area contributed by atoms with Crippen LogP contribution < -0.4 is 16.0 Å². The van der Waals surface area contributed by atoms with E-state index < -0.39 is 36.2 Å². The van der Waals surface area contributed by atoms with E-state index in [0.717, 1.165) is 16.7 Å². The molecule has 9 nitrogen and oxygen atoms in total. The van der Waals surface area contributed by atoms with Gasteiger partial charge in [0.25, 0.3) is 0 Å². The van der Waals surface area contributed by atoms with Gasteiger partial charge in [-0.25, -0.2) is 4.90 Å². The highest BCUT2D eigenvalue weighted by Gasteiger charge is 2.52. The highest BCUT2D eigenvalue weighted by Crippen LogP contribution is 2.41. The van der Waals surface area contributed by atoms with Crippen molar-refractivity contribution in [3.8, 4) is 0 Å². The summed E-state index contributed by atoms with van der Waals surface area (Å²) in [4.78, 5) is 14.1. The number of fused-ring (bicyclic) bond motifs is 1. The molecule has 3 aliphatic heterocycles. The third-order valence-corrected chi connectivity index (χ3v) is 7.69. The molecule has 1 amide bonds. The first-order valence-corrected chi connectivity index (χ1v) is 12.9. The number of benzene rings is 3. The van der Waals surface area contributed by atoms with Crippen LogP contribution in [0.3, 0.4) is 0 Å². The van der Waals surface area contributed by atoms with Crippen LogP contribution in [0.25, 0.3) is 0 Å². The molecule has 3 aromatic rings. The van der Waals surface area contributed by atoms with Crippen LogP contribution >= 0.6 is 0 Å². The van der Waals surface area contributed by atoms with Crippen molar-refractivity contribution < 1.29 is 24.5 Å². The molecule has 3 aliphatic rings. The van der Waals surface area contributed by atoms with Gasteiger partial charge in [0.1, 0.15) is 36.2 Å². The maximum absolute atomic E-state index is 12.3. The Hall–Kier alpha value is -3.15. The van der Waals surface area contributed by atoms with Crippen LogP contribution in [0.4, 0.5) is 0 Å². The Kier molecular flexibility index (Phi) is 6.98. The summed E-state index contributed by atoms with van der Waals surface area (Å²) in [5.41, 5.74) is 1.84. The Balaban J connectivity index is 1.30. The number of nitrogens with one attached hydrogen (secondary N) is 3. The number of carbonyl (C=O) groups is 1. The van der Waals surface area contributed by atoms with E-state index in [9.17, 15) is 15.0 Å². The zero-order valence-corrected chi connectivity index (χ0v) is 20.8. The second-order valence-corrected chi connectivity index (χ2v) is 9.86. The first-order valence-electron chi connectivity index (χ1n) is 12.9. The van der Waals surface area contributed by atoms with Gasteiger partial charge in [-0.15, -0.1) is 0 Å². The Morgan fingerprint density at radius 1 is 0.842 bits per heavy atom. The molecule has 3 aromatic carbocycles. The number of carbonyl (C=O) groups excluding carboxylic acids is 1. The molecule has 38 heavy (non-hydrogen) atoms. The molecule has 6 atom stereocenters. The maximum atomic E-state index is 12.3. The highest BCUT2D eigenvalue weighted by molar-refractivity contribution is 5.83. The van der Waals surface area contributed by atoms with Gasteiger partial charge >= 0.3 is 0 Å². The van der Waals surface area contributed by atoms with Crippen LogP contribution in [-0.4, -0.2) is 77.7 Å². The molecule has 6 rings (SSSR count). The molecule has 9 heteroatoms. The van der Waals surface area contributed by atoms with Gasteiger partial charge in [0.2, 0.25) is 5.91 Å². The number of ether oxygens (including phenoxy) is 2. The van der Waals surface area contributed by atoms with E-state index in [0.29, 0.717) is 13.3 Å². The van der Waals surface area contributed by atoms with E-state index in [1.807, 2.05) is 95.9 Å². The molecule has 0 radical (unpaired) electrons. The second-order valence-electron chi connectivity index (χ2n) is 9.86. The molecule has 2 unspecified atom stereocenters. The lowest BCUT2D eigenvalue weighted by molar-refractivity contribution is -0.135. The quantitative estimate of drug-likeness (QED) is 0.291. The van der Waals surface area contributed by atoms with Gasteiger partial charge in [0.15, 0.2) is 0 Å². The Morgan fingerprint density at radius 3 is 1.95 bits per heavy atom. The first-order chi connectivity index (χ1) is 18.6. The monoisotopic (exact) mass is 516 g/mol. The number of amides is 1. The van der Waals surface area contributed by atoms with E-state index in [2.05, 4.69) is 16.0 Å². The fraction of sp³-hybridized carbons (Fsp3) is 0.345. The van der Waals surface area contributed by atoms with E-state index in [1.54, 1.807) is 0 Å². The highest BCUT2D eigenvalue weighted by atomic mass is 16.6. The average molecular weight is 517 g/mol. The molecule has 3 saturated heterocycles. The van der Waals surface area contributed by atoms with Crippen molar-refractivity contribution >= 4 is 5.91 Å². The third kappa shape index (κ3) is 4.32. The summed E-state index contributed by atoms with van der Waals surface area (Å²) in [6.45, 7) is 0.681. The summed E-state index contributed by atoms with van der Waals surface area (Å²) in [7, 11) is 0. The van der Waals surface area contributed by atoms with Crippen LogP contribution in [0.1, 0.15) is 16.7 Å². The lowest BCUT2D eigenvalue weighted by Crippen LogP contribution is -2.64. The largest absolute Gasteiger partial charge is 0.387 e. The molecule has 0 aliphatic carbocycles. The average Bonchev–Trinajstić information content (AvgIpc) is 3.52. The van der Waals surface area contributed by atoms with Gasteiger partial charge < -0.3 is 25.0 Å². The summed E-state index contributed by atoms with van der Waals surface area (Å²) in [6, 6.07) is 29.4. The molecule has 0 bridgehead atoms. The van der Waals surface area contributed by atoms with Crippen LogP contribution in [-0.2, 0) is 19.9 Å². The van der Waals surface area contributed by atoms with Crippen molar-refractivity contribution in [3.05, 3.63) is 108 Å². The van der Waals surface area contributed by atoms with Gasteiger partial charge in [-0.1, -0.05) is 91.0 Å². The number of aliphatic hydroxyl groups excluding tert-OH is 2. The molecule has 198 valence electrons. The second kappa shape index (κ2) is 10.5. The number of hydrogen-bond donors (Lipinski definition) is 5. The SMILES string of the molecule is O=C1NCNC2C1NCN2[C@@H]1O[C@H](COC(c2ccccc2)(c2ccccc2)c2ccccc2)[C@@H](O)[C@H]1O. The minimum atomic E-state index is -1.17. The Labute approximate surface area is 221 Å². The van der Waals surface area contributed by atoms with Crippen LogP contribution in [0.2, 0.25) is 0 Å². The van der Waals surface area contributed by atoms with Crippen LogP contribution in [0, 0.1) is 0 Å². The number of nitrogens with zero attached hydrogens (tertiary/aromatic N) is 1.